The highest BCUT2D eigenvalue weighted by atomic mass is 19.1. The van der Waals surface area contributed by atoms with Crippen LogP contribution in [0, 0.1) is 22.9 Å². The fourth-order valence-electron chi connectivity index (χ4n) is 3.45. The Balaban J connectivity index is 1.64. The lowest BCUT2D eigenvalue weighted by Gasteiger charge is -2.33. The number of benzene rings is 1. The van der Waals surface area contributed by atoms with Crippen molar-refractivity contribution in [3.05, 3.63) is 81.7 Å². The summed E-state index contributed by atoms with van der Waals surface area (Å²) in [6.45, 7) is -0.246. The Bertz CT molecular complexity index is 1210. The van der Waals surface area contributed by atoms with Crippen LogP contribution in [0.4, 0.5) is 24.7 Å². The highest BCUT2D eigenvalue weighted by molar-refractivity contribution is 5.85. The number of hydrogen-bond donors (Lipinski definition) is 4. The maximum absolute atomic E-state index is 14.5. The van der Waals surface area contributed by atoms with E-state index in [9.17, 15) is 23.1 Å². The monoisotopic (exact) mass is 443 g/mol. The maximum atomic E-state index is 14.5. The van der Waals surface area contributed by atoms with Crippen LogP contribution in [0.1, 0.15) is 24.0 Å². The van der Waals surface area contributed by atoms with E-state index in [1.54, 1.807) is 0 Å². The first-order valence-corrected chi connectivity index (χ1v) is 9.92. The second kappa shape index (κ2) is 8.83. The summed E-state index contributed by atoms with van der Waals surface area (Å²) in [7, 11) is 0. The van der Waals surface area contributed by atoms with E-state index >= 15 is 0 Å². The SMILES string of the molecule is N=Cc1c(NCc2c(F)cccc2F)ccn(-c2cc(NC3CCC3O)ncc2F)c1=O. The molecule has 4 rings (SSSR count). The molecule has 2 unspecified atom stereocenters. The first-order chi connectivity index (χ1) is 15.4. The van der Waals surface area contributed by atoms with Crippen LogP contribution >= 0.6 is 0 Å². The van der Waals surface area contributed by atoms with E-state index in [4.69, 9.17) is 5.41 Å². The number of rotatable bonds is 7. The number of aliphatic hydroxyl groups excluding tert-OH is 1. The summed E-state index contributed by atoms with van der Waals surface area (Å²) in [5, 5.41) is 23.1. The van der Waals surface area contributed by atoms with Crippen molar-refractivity contribution in [2.24, 2.45) is 0 Å². The molecule has 2 heterocycles. The lowest BCUT2D eigenvalue weighted by Crippen LogP contribution is -2.42. The van der Waals surface area contributed by atoms with Crippen molar-refractivity contribution in [3.63, 3.8) is 0 Å². The van der Waals surface area contributed by atoms with Gasteiger partial charge >= 0.3 is 0 Å². The van der Waals surface area contributed by atoms with Gasteiger partial charge in [-0.1, -0.05) is 6.07 Å². The van der Waals surface area contributed by atoms with Gasteiger partial charge in [0.2, 0.25) is 0 Å². The largest absolute Gasteiger partial charge is 0.391 e. The second-order valence-electron chi connectivity index (χ2n) is 7.43. The third-order valence-corrected chi connectivity index (χ3v) is 5.46. The van der Waals surface area contributed by atoms with Gasteiger partial charge in [-0.3, -0.25) is 9.36 Å². The Kier molecular flexibility index (Phi) is 5.95. The van der Waals surface area contributed by atoms with Crippen LogP contribution in [0.3, 0.4) is 0 Å². The van der Waals surface area contributed by atoms with Crippen LogP contribution in [0.5, 0.6) is 0 Å². The molecule has 4 N–H and O–H groups in total. The molecular weight excluding hydrogens is 423 g/mol. The molecule has 0 amide bonds. The normalized spacial score (nSPS) is 17.5. The zero-order chi connectivity index (χ0) is 22.8. The van der Waals surface area contributed by atoms with Crippen molar-refractivity contribution >= 4 is 17.7 Å². The quantitative estimate of drug-likeness (QED) is 0.420. The molecule has 10 heteroatoms. The van der Waals surface area contributed by atoms with Crippen molar-refractivity contribution in [2.75, 3.05) is 10.6 Å². The Morgan fingerprint density at radius 2 is 1.94 bits per heavy atom. The molecular formula is C22H20F3N5O2. The number of aromatic nitrogens is 2. The summed E-state index contributed by atoms with van der Waals surface area (Å²) in [4.78, 5) is 16.9. The van der Waals surface area contributed by atoms with Gasteiger partial charge < -0.3 is 21.1 Å². The predicted molar refractivity (Wildman–Crippen MR) is 114 cm³/mol. The van der Waals surface area contributed by atoms with E-state index in [1.165, 1.54) is 24.4 Å². The molecule has 1 aromatic carbocycles. The predicted octanol–water partition coefficient (Wildman–Crippen LogP) is 3.19. The Morgan fingerprint density at radius 3 is 2.56 bits per heavy atom. The van der Waals surface area contributed by atoms with E-state index in [0.29, 0.717) is 12.2 Å². The number of halogens is 3. The summed E-state index contributed by atoms with van der Waals surface area (Å²) in [5.74, 6) is -1.93. The molecule has 0 spiro atoms. The minimum atomic E-state index is -0.753. The molecule has 3 aromatic rings. The van der Waals surface area contributed by atoms with Crippen molar-refractivity contribution in [3.8, 4) is 5.69 Å². The standard InChI is InChI=1S/C22H20F3N5O2/c23-14-2-1-3-15(24)13(14)10-27-17-6-7-30(22(32)12(17)9-26)19-8-21(28-11-16(19)25)29-18-4-5-20(18)31/h1-3,6-9,11,18,20,26-27,31H,4-5,10H2,(H,28,29). The van der Waals surface area contributed by atoms with Gasteiger partial charge in [-0.15, -0.1) is 0 Å². The number of hydrogen-bond acceptors (Lipinski definition) is 6. The summed E-state index contributed by atoms with van der Waals surface area (Å²) >= 11 is 0. The number of anilines is 2. The number of pyridine rings is 2. The average molecular weight is 443 g/mol. The molecule has 2 aromatic heterocycles. The first kappa shape index (κ1) is 21.6. The van der Waals surface area contributed by atoms with Crippen molar-refractivity contribution in [2.45, 2.75) is 31.5 Å². The van der Waals surface area contributed by atoms with Gasteiger partial charge in [-0.25, -0.2) is 18.2 Å². The molecule has 32 heavy (non-hydrogen) atoms. The van der Waals surface area contributed by atoms with E-state index < -0.39 is 29.1 Å². The van der Waals surface area contributed by atoms with E-state index in [2.05, 4.69) is 15.6 Å². The van der Waals surface area contributed by atoms with E-state index in [-0.39, 0.29) is 35.1 Å². The zero-order valence-electron chi connectivity index (χ0n) is 16.8. The smallest absolute Gasteiger partial charge is 0.266 e. The Morgan fingerprint density at radius 1 is 1.19 bits per heavy atom. The lowest BCUT2D eigenvalue weighted by atomic mass is 9.89. The summed E-state index contributed by atoms with van der Waals surface area (Å²) in [6, 6.07) is 6.06. The minimum Gasteiger partial charge on any atom is -0.391 e. The first-order valence-electron chi connectivity index (χ1n) is 9.92. The van der Waals surface area contributed by atoms with Crippen LogP contribution in [-0.4, -0.2) is 33.0 Å². The molecule has 0 radical (unpaired) electrons. The molecule has 1 saturated carbocycles. The average Bonchev–Trinajstić information content (AvgIpc) is 2.77. The fraction of sp³-hybridized carbons (Fsp3) is 0.227. The van der Waals surface area contributed by atoms with Crippen molar-refractivity contribution < 1.29 is 18.3 Å². The lowest BCUT2D eigenvalue weighted by molar-refractivity contribution is 0.0784. The zero-order valence-corrected chi connectivity index (χ0v) is 16.8. The molecule has 0 aliphatic heterocycles. The molecule has 0 saturated heterocycles. The van der Waals surface area contributed by atoms with Gasteiger partial charge in [0.1, 0.15) is 17.5 Å². The number of aliphatic hydroxyl groups is 1. The number of nitrogens with one attached hydrogen (secondary N) is 3. The molecule has 1 aliphatic rings. The molecule has 166 valence electrons. The highest BCUT2D eigenvalue weighted by Crippen LogP contribution is 2.25. The van der Waals surface area contributed by atoms with Gasteiger partial charge in [-0.2, -0.15) is 0 Å². The van der Waals surface area contributed by atoms with Crippen LogP contribution in [0.2, 0.25) is 0 Å². The number of nitrogens with zero attached hydrogens (tertiary/aromatic N) is 2. The van der Waals surface area contributed by atoms with E-state index in [1.807, 2.05) is 0 Å². The van der Waals surface area contributed by atoms with Gasteiger partial charge in [0.25, 0.3) is 5.56 Å². The second-order valence-corrected chi connectivity index (χ2v) is 7.43. The Labute approximate surface area is 181 Å². The third kappa shape index (κ3) is 4.09. The van der Waals surface area contributed by atoms with Gasteiger partial charge in [0.15, 0.2) is 5.82 Å². The summed E-state index contributed by atoms with van der Waals surface area (Å²) in [5.41, 5.74) is -0.921. The Hall–Kier alpha value is -3.66. The molecule has 0 bridgehead atoms. The van der Waals surface area contributed by atoms with Gasteiger partial charge in [-0.05, 0) is 31.0 Å². The topological polar surface area (TPSA) is 103 Å². The van der Waals surface area contributed by atoms with Crippen molar-refractivity contribution in [1.29, 1.82) is 5.41 Å². The molecule has 1 aliphatic carbocycles. The summed E-state index contributed by atoms with van der Waals surface area (Å²) in [6.07, 6.45) is 3.96. The maximum Gasteiger partial charge on any atom is 0.266 e. The summed E-state index contributed by atoms with van der Waals surface area (Å²) < 4.78 is 43.2. The van der Waals surface area contributed by atoms with Gasteiger partial charge in [0.05, 0.1) is 35.3 Å². The van der Waals surface area contributed by atoms with Crippen LogP contribution in [0.15, 0.2) is 47.5 Å². The van der Waals surface area contributed by atoms with Crippen LogP contribution in [0.25, 0.3) is 5.69 Å². The molecule has 1 fully saturated rings. The van der Waals surface area contributed by atoms with E-state index in [0.717, 1.165) is 35.5 Å². The fourth-order valence-corrected chi connectivity index (χ4v) is 3.45. The molecule has 7 nitrogen and oxygen atoms in total. The third-order valence-electron chi connectivity index (χ3n) is 5.46. The van der Waals surface area contributed by atoms with Crippen LogP contribution in [-0.2, 0) is 6.54 Å². The van der Waals surface area contributed by atoms with Gasteiger partial charge in [0, 0.05) is 30.6 Å². The van der Waals surface area contributed by atoms with Crippen molar-refractivity contribution in [1.82, 2.24) is 9.55 Å². The molecule has 2 atom stereocenters. The van der Waals surface area contributed by atoms with Crippen LogP contribution < -0.4 is 16.2 Å². The highest BCUT2D eigenvalue weighted by Gasteiger charge is 2.29. The minimum absolute atomic E-state index is 0.0869.